The minimum atomic E-state index is -0.0750. The zero-order chi connectivity index (χ0) is 10.8. The summed E-state index contributed by atoms with van der Waals surface area (Å²) in [7, 11) is 0. The normalized spacial score (nSPS) is 19.4. The van der Waals surface area contributed by atoms with Gasteiger partial charge in [-0.1, -0.05) is 0 Å². The lowest BCUT2D eigenvalue weighted by Crippen LogP contribution is -2.40. The van der Waals surface area contributed by atoms with Gasteiger partial charge in [-0.2, -0.15) is 0 Å². The van der Waals surface area contributed by atoms with E-state index in [1.165, 1.54) is 11.3 Å². The Labute approximate surface area is 91.9 Å². The highest BCUT2D eigenvalue weighted by Crippen LogP contribution is 2.25. The topological polar surface area (TPSA) is 50.3 Å². The Morgan fingerprint density at radius 3 is 2.93 bits per heavy atom. The third-order valence-electron chi connectivity index (χ3n) is 2.58. The monoisotopic (exact) mass is 224 g/mol. The van der Waals surface area contributed by atoms with Crippen molar-refractivity contribution in [3.63, 3.8) is 0 Å². The molecule has 4 nitrogen and oxygen atoms in total. The number of Topliss-reactive ketones (excluding diaryl/α,β-unsaturated/α-hetero) is 1. The molecule has 0 N–H and O–H groups in total. The molecule has 1 atom stereocenters. The van der Waals surface area contributed by atoms with Crippen molar-refractivity contribution in [1.29, 1.82) is 0 Å². The van der Waals surface area contributed by atoms with E-state index in [0.29, 0.717) is 13.0 Å². The number of thiazole rings is 1. The lowest BCUT2D eigenvalue weighted by molar-refractivity contribution is -0.141. The minimum Gasteiger partial charge on any atom is -0.333 e. The molecule has 15 heavy (non-hydrogen) atoms. The maximum atomic E-state index is 11.6. The third-order valence-corrected chi connectivity index (χ3v) is 3.52. The number of carbonyl (C=O) groups excluding carboxylic acids is 2. The van der Waals surface area contributed by atoms with Crippen molar-refractivity contribution < 1.29 is 9.59 Å². The van der Waals surface area contributed by atoms with Crippen molar-refractivity contribution >= 4 is 23.0 Å². The fourth-order valence-corrected chi connectivity index (χ4v) is 2.42. The summed E-state index contributed by atoms with van der Waals surface area (Å²) in [4.78, 5) is 28.6. The van der Waals surface area contributed by atoms with Gasteiger partial charge in [0.15, 0.2) is 0 Å². The van der Waals surface area contributed by atoms with Crippen molar-refractivity contribution in [3.05, 3.63) is 16.6 Å². The Bertz CT molecular complexity index is 375. The van der Waals surface area contributed by atoms with Crippen LogP contribution in [0.3, 0.4) is 0 Å². The quantitative estimate of drug-likeness (QED) is 0.713. The van der Waals surface area contributed by atoms with Crippen LogP contribution in [0.15, 0.2) is 11.6 Å². The van der Waals surface area contributed by atoms with Gasteiger partial charge in [0, 0.05) is 24.5 Å². The van der Waals surface area contributed by atoms with Gasteiger partial charge < -0.3 is 4.90 Å². The molecule has 0 radical (unpaired) electrons. The second kappa shape index (κ2) is 4.10. The molecule has 80 valence electrons. The Morgan fingerprint density at radius 2 is 2.33 bits per heavy atom. The number of ketones is 1. The molecule has 0 aromatic carbocycles. The number of hydrogen-bond donors (Lipinski definition) is 0. The summed E-state index contributed by atoms with van der Waals surface area (Å²) in [5.41, 5.74) is 0. The average molecular weight is 224 g/mol. The van der Waals surface area contributed by atoms with E-state index in [-0.39, 0.29) is 24.2 Å². The number of carbonyl (C=O) groups is 2. The zero-order valence-corrected chi connectivity index (χ0v) is 9.29. The Morgan fingerprint density at radius 1 is 1.53 bits per heavy atom. The Kier molecular flexibility index (Phi) is 2.81. The van der Waals surface area contributed by atoms with Gasteiger partial charge in [-0.25, -0.2) is 4.98 Å². The van der Waals surface area contributed by atoms with Crippen molar-refractivity contribution in [3.8, 4) is 0 Å². The van der Waals surface area contributed by atoms with Gasteiger partial charge in [0.2, 0.25) is 5.91 Å². The van der Waals surface area contributed by atoms with Crippen LogP contribution in [0.2, 0.25) is 0 Å². The molecular weight excluding hydrogens is 212 g/mol. The van der Waals surface area contributed by atoms with E-state index in [2.05, 4.69) is 4.98 Å². The second-order valence-corrected chi connectivity index (χ2v) is 4.53. The number of rotatable bonds is 2. The molecule has 1 unspecified atom stereocenters. The molecule has 2 rings (SSSR count). The van der Waals surface area contributed by atoms with Gasteiger partial charge in [0.25, 0.3) is 0 Å². The molecule has 0 bridgehead atoms. The first-order valence-corrected chi connectivity index (χ1v) is 5.77. The highest BCUT2D eigenvalue weighted by molar-refractivity contribution is 7.09. The van der Waals surface area contributed by atoms with Gasteiger partial charge in [-0.05, 0) is 6.92 Å². The zero-order valence-electron chi connectivity index (χ0n) is 8.47. The molecule has 2 heterocycles. The van der Waals surface area contributed by atoms with E-state index in [0.717, 1.165) is 5.01 Å². The van der Waals surface area contributed by atoms with E-state index in [9.17, 15) is 9.59 Å². The Balaban J connectivity index is 2.11. The highest BCUT2D eigenvalue weighted by Gasteiger charge is 2.28. The molecule has 0 aliphatic carbocycles. The van der Waals surface area contributed by atoms with Gasteiger partial charge in [0.05, 0.1) is 12.5 Å². The van der Waals surface area contributed by atoms with Gasteiger partial charge >= 0.3 is 0 Å². The van der Waals surface area contributed by atoms with Crippen LogP contribution in [0.4, 0.5) is 0 Å². The van der Waals surface area contributed by atoms with E-state index < -0.39 is 0 Å². The number of piperidine rings is 1. The van der Waals surface area contributed by atoms with Crippen LogP contribution >= 0.6 is 11.3 Å². The predicted octanol–water partition coefficient (Wildman–Crippen LogP) is 1.40. The molecule has 5 heteroatoms. The molecule has 0 spiro atoms. The first-order valence-electron chi connectivity index (χ1n) is 4.89. The number of hydrogen-bond acceptors (Lipinski definition) is 4. The molecule has 1 fully saturated rings. The summed E-state index contributed by atoms with van der Waals surface area (Å²) >= 11 is 1.54. The summed E-state index contributed by atoms with van der Waals surface area (Å²) in [6.45, 7) is 2.48. The fourth-order valence-electron chi connectivity index (χ4n) is 1.71. The average Bonchev–Trinajstić information content (AvgIpc) is 2.69. The maximum Gasteiger partial charge on any atom is 0.230 e. The highest BCUT2D eigenvalue weighted by atomic mass is 32.1. The van der Waals surface area contributed by atoms with Crippen LogP contribution in [0.25, 0.3) is 0 Å². The molecule has 1 aromatic heterocycles. The van der Waals surface area contributed by atoms with Crippen LogP contribution in [-0.4, -0.2) is 28.1 Å². The van der Waals surface area contributed by atoms with Crippen LogP contribution in [0, 0.1) is 0 Å². The van der Waals surface area contributed by atoms with Crippen LogP contribution in [-0.2, 0) is 9.59 Å². The van der Waals surface area contributed by atoms with E-state index in [4.69, 9.17) is 0 Å². The first-order chi connectivity index (χ1) is 7.18. The van der Waals surface area contributed by atoms with Crippen LogP contribution < -0.4 is 0 Å². The van der Waals surface area contributed by atoms with Crippen LogP contribution in [0.1, 0.15) is 30.8 Å². The number of amides is 1. The second-order valence-electron chi connectivity index (χ2n) is 3.60. The summed E-state index contributed by atoms with van der Waals surface area (Å²) in [6.07, 6.45) is 2.26. The van der Waals surface area contributed by atoms with E-state index >= 15 is 0 Å². The molecule has 1 aliphatic heterocycles. The molecule has 1 aromatic rings. The third kappa shape index (κ3) is 2.07. The summed E-state index contributed by atoms with van der Waals surface area (Å²) in [5, 5.41) is 2.82. The number of likely N-dealkylation sites (tertiary alicyclic amines) is 1. The van der Waals surface area contributed by atoms with E-state index in [1.807, 2.05) is 12.3 Å². The fraction of sp³-hybridized carbons (Fsp3) is 0.500. The first kappa shape index (κ1) is 10.3. The smallest absolute Gasteiger partial charge is 0.230 e. The lowest BCUT2D eigenvalue weighted by Gasteiger charge is -2.30. The largest absolute Gasteiger partial charge is 0.333 e. The van der Waals surface area contributed by atoms with Crippen molar-refractivity contribution in [2.24, 2.45) is 0 Å². The number of nitrogens with zero attached hydrogens (tertiary/aromatic N) is 2. The maximum absolute atomic E-state index is 11.6. The molecule has 1 aliphatic rings. The molecular formula is C10H12N2O2S. The summed E-state index contributed by atoms with van der Waals surface area (Å²) in [6, 6.07) is -0.00870. The summed E-state index contributed by atoms with van der Waals surface area (Å²) < 4.78 is 0. The Hall–Kier alpha value is -1.23. The molecule has 1 saturated heterocycles. The van der Waals surface area contributed by atoms with E-state index in [1.54, 1.807) is 11.1 Å². The van der Waals surface area contributed by atoms with Gasteiger partial charge in [-0.3, -0.25) is 9.59 Å². The van der Waals surface area contributed by atoms with Crippen molar-refractivity contribution in [2.45, 2.75) is 25.8 Å². The lowest BCUT2D eigenvalue weighted by atomic mass is 10.1. The number of aromatic nitrogens is 1. The van der Waals surface area contributed by atoms with Gasteiger partial charge in [-0.15, -0.1) is 11.3 Å². The molecule has 0 saturated carbocycles. The van der Waals surface area contributed by atoms with Crippen LogP contribution in [0.5, 0.6) is 0 Å². The molecule has 1 amide bonds. The SMILES string of the molecule is CC(c1nccs1)N1CCC(=O)CC1=O. The minimum absolute atomic E-state index is 0.00870. The van der Waals surface area contributed by atoms with Crippen molar-refractivity contribution in [1.82, 2.24) is 9.88 Å². The van der Waals surface area contributed by atoms with Gasteiger partial charge in [0.1, 0.15) is 10.8 Å². The summed E-state index contributed by atoms with van der Waals surface area (Å²) in [5.74, 6) is -0.0310. The standard InChI is InChI=1S/C10H12N2O2S/c1-7(10-11-3-5-15-10)12-4-2-8(13)6-9(12)14/h3,5,7H,2,4,6H2,1H3. The predicted molar refractivity (Wildman–Crippen MR) is 56.5 cm³/mol. The van der Waals surface area contributed by atoms with Crippen molar-refractivity contribution in [2.75, 3.05) is 6.54 Å².